The molecule has 2 aromatic rings. The van der Waals surface area contributed by atoms with Crippen molar-refractivity contribution in [2.24, 2.45) is 5.41 Å². The maximum atomic E-state index is 6.14. The summed E-state index contributed by atoms with van der Waals surface area (Å²) < 4.78 is 0. The molecule has 0 aliphatic heterocycles. The maximum Gasteiger partial charge on any atom is 0.136 e. The van der Waals surface area contributed by atoms with Crippen molar-refractivity contribution in [2.45, 2.75) is 34.1 Å². The van der Waals surface area contributed by atoms with Gasteiger partial charge in [-0.25, -0.2) is 9.97 Å². The van der Waals surface area contributed by atoms with Crippen molar-refractivity contribution in [3.8, 4) is 0 Å². The van der Waals surface area contributed by atoms with E-state index in [0.717, 1.165) is 28.7 Å². The highest BCUT2D eigenvalue weighted by molar-refractivity contribution is 5.89. The van der Waals surface area contributed by atoms with Crippen molar-refractivity contribution in [3.63, 3.8) is 0 Å². The van der Waals surface area contributed by atoms with Gasteiger partial charge in [-0.1, -0.05) is 32.9 Å². The summed E-state index contributed by atoms with van der Waals surface area (Å²) in [6.45, 7) is 8.43. The van der Waals surface area contributed by atoms with Crippen molar-refractivity contribution in [3.05, 3.63) is 35.9 Å². The van der Waals surface area contributed by atoms with E-state index in [1.165, 1.54) is 6.33 Å². The van der Waals surface area contributed by atoms with Gasteiger partial charge in [-0.15, -0.1) is 0 Å². The van der Waals surface area contributed by atoms with Crippen LogP contribution in [0.4, 0.5) is 5.82 Å². The van der Waals surface area contributed by atoms with Crippen molar-refractivity contribution in [1.29, 1.82) is 0 Å². The quantitative estimate of drug-likeness (QED) is 0.835. The second kappa shape index (κ2) is 5.45. The minimum atomic E-state index is 0.0995. The van der Waals surface area contributed by atoms with Crippen LogP contribution in [0.5, 0.6) is 0 Å². The van der Waals surface area contributed by atoms with Gasteiger partial charge in [0.05, 0.1) is 5.52 Å². The first-order valence-corrected chi connectivity index (χ1v) is 6.65. The number of aromatic nitrogens is 4. The molecule has 0 aliphatic rings. The molecule has 0 amide bonds. The van der Waals surface area contributed by atoms with Gasteiger partial charge in [-0.05, 0) is 24.0 Å². The van der Waals surface area contributed by atoms with Gasteiger partial charge in [0.15, 0.2) is 0 Å². The molecule has 0 radical (unpaired) electrons. The minimum absolute atomic E-state index is 0.0995. The Hall–Kier alpha value is -2.17. The summed E-state index contributed by atoms with van der Waals surface area (Å²) in [6.07, 6.45) is 2.26. The molecular weight excluding hydrogens is 250 g/mol. The average Bonchev–Trinajstić information content (AvgIpc) is 2.39. The molecule has 0 bridgehead atoms. The first kappa shape index (κ1) is 14.2. The number of aryl methyl sites for hydroxylation is 1. The number of aromatic amines is 1. The highest BCUT2D eigenvalue weighted by Gasteiger charge is 2.12. The van der Waals surface area contributed by atoms with Crippen LogP contribution in [0.2, 0.25) is 0 Å². The first-order chi connectivity index (χ1) is 9.37. The number of hydrogen-bond donors (Lipinski definition) is 2. The van der Waals surface area contributed by atoms with E-state index in [1.807, 2.05) is 25.1 Å². The van der Waals surface area contributed by atoms with E-state index in [9.17, 15) is 0 Å². The molecule has 1 heterocycles. The van der Waals surface area contributed by atoms with E-state index in [0.29, 0.717) is 5.82 Å². The van der Waals surface area contributed by atoms with Gasteiger partial charge in [0.25, 0.3) is 0 Å². The normalized spacial score (nSPS) is 11.4. The number of nitrogens with two attached hydrogens (primary N) is 1. The van der Waals surface area contributed by atoms with Crippen LogP contribution < -0.4 is 5.73 Å². The second-order valence-corrected chi connectivity index (χ2v) is 6.14. The van der Waals surface area contributed by atoms with E-state index in [1.54, 1.807) is 0 Å². The van der Waals surface area contributed by atoms with Crippen LogP contribution in [-0.2, 0) is 6.42 Å². The highest BCUT2D eigenvalue weighted by Crippen LogP contribution is 2.20. The van der Waals surface area contributed by atoms with Crippen LogP contribution in [0.25, 0.3) is 10.9 Å². The van der Waals surface area contributed by atoms with Crippen molar-refractivity contribution in [1.82, 2.24) is 20.2 Å². The number of nitrogen functional groups attached to an aromatic ring is 1. The van der Waals surface area contributed by atoms with Crippen molar-refractivity contribution >= 4 is 16.7 Å². The Morgan fingerprint density at radius 1 is 1.25 bits per heavy atom. The predicted octanol–water partition coefficient (Wildman–Crippen LogP) is 2.96. The molecule has 5 nitrogen and oxygen atoms in total. The molecule has 20 heavy (non-hydrogen) atoms. The van der Waals surface area contributed by atoms with Gasteiger partial charge in [0.2, 0.25) is 0 Å². The summed E-state index contributed by atoms with van der Waals surface area (Å²) in [7, 11) is 0. The smallest absolute Gasteiger partial charge is 0.136 e. The Morgan fingerprint density at radius 2 is 2.00 bits per heavy atom. The lowest BCUT2D eigenvalue weighted by Gasteiger charge is -2.16. The maximum absolute atomic E-state index is 6.14. The lowest BCUT2D eigenvalue weighted by molar-refractivity contribution is 0.399. The topological polar surface area (TPSA) is 80.5 Å². The molecule has 0 saturated heterocycles. The number of fused-ring (bicyclic) bond motifs is 1. The molecular formula is C15H21N5. The predicted molar refractivity (Wildman–Crippen MR) is 81.6 cm³/mol. The standard InChI is InChI=1S/C15H21N5/c1-10-6-5-7-11-13(10)17-9-18-20-12(19-14(11)16)8-15(2,3)4/h5-7,9H,8,16H2,1-4H3,(H,19,20). The van der Waals surface area contributed by atoms with Crippen LogP contribution in [0.15, 0.2) is 24.5 Å². The van der Waals surface area contributed by atoms with E-state index in [4.69, 9.17) is 5.73 Å². The van der Waals surface area contributed by atoms with Crippen LogP contribution in [0, 0.1) is 12.3 Å². The molecule has 2 rings (SSSR count). The van der Waals surface area contributed by atoms with Crippen LogP contribution in [0.1, 0.15) is 32.2 Å². The third-order valence-corrected chi connectivity index (χ3v) is 2.91. The van der Waals surface area contributed by atoms with Gasteiger partial charge < -0.3 is 5.73 Å². The lowest BCUT2D eigenvalue weighted by atomic mass is 9.92. The number of nitrogens with zero attached hydrogens (tertiary/aromatic N) is 3. The average molecular weight is 271 g/mol. The molecule has 0 saturated carbocycles. The zero-order valence-electron chi connectivity index (χ0n) is 12.4. The second-order valence-electron chi connectivity index (χ2n) is 6.14. The zero-order valence-corrected chi connectivity index (χ0v) is 12.4. The molecule has 106 valence electrons. The molecule has 0 unspecified atom stereocenters. The summed E-state index contributed by atoms with van der Waals surface area (Å²) in [4.78, 5) is 8.85. The molecule has 1 aromatic carbocycles. The van der Waals surface area contributed by atoms with Gasteiger partial charge >= 0.3 is 0 Å². The molecule has 1 aromatic heterocycles. The fourth-order valence-electron chi connectivity index (χ4n) is 2.04. The highest BCUT2D eigenvalue weighted by atomic mass is 15.1. The zero-order chi connectivity index (χ0) is 14.8. The van der Waals surface area contributed by atoms with Gasteiger partial charge in [0.1, 0.15) is 18.0 Å². The summed E-state index contributed by atoms with van der Waals surface area (Å²) in [5.74, 6) is 1.21. The van der Waals surface area contributed by atoms with Crippen molar-refractivity contribution in [2.75, 3.05) is 5.73 Å². The van der Waals surface area contributed by atoms with Gasteiger partial charge in [0, 0.05) is 11.8 Å². The third-order valence-electron chi connectivity index (χ3n) is 2.91. The van der Waals surface area contributed by atoms with E-state index in [-0.39, 0.29) is 5.41 Å². The summed E-state index contributed by atoms with van der Waals surface area (Å²) in [5, 5.41) is 7.86. The molecule has 0 atom stereocenters. The first-order valence-electron chi connectivity index (χ1n) is 6.65. The minimum Gasteiger partial charge on any atom is -0.383 e. The summed E-state index contributed by atoms with van der Waals surface area (Å²) in [5.41, 5.74) is 8.10. The number of hydrogen-bond acceptors (Lipinski definition) is 4. The summed E-state index contributed by atoms with van der Waals surface area (Å²) in [6, 6.07) is 5.88. The Labute approximate surface area is 119 Å². The van der Waals surface area contributed by atoms with Gasteiger partial charge in [-0.3, -0.25) is 5.10 Å². The Kier molecular flexibility index (Phi) is 3.88. The van der Waals surface area contributed by atoms with E-state index < -0.39 is 0 Å². The molecule has 0 aliphatic carbocycles. The molecule has 5 heteroatoms. The summed E-state index contributed by atoms with van der Waals surface area (Å²) >= 11 is 0. The number of para-hydroxylation sites is 1. The van der Waals surface area contributed by atoms with E-state index in [2.05, 4.69) is 40.9 Å². The molecule has 3 N–H and O–H groups in total. The Morgan fingerprint density at radius 3 is 2.70 bits per heavy atom. The molecule has 0 spiro atoms. The number of anilines is 1. The SMILES string of the molecule is Cc1cccc2c(N)nc(CC(C)(C)C)[nH]ncnc12. The number of nitrogens with one attached hydrogen (secondary N) is 1. The molecule has 0 fully saturated rings. The third kappa shape index (κ3) is 3.44. The number of H-pyrrole nitrogens is 1. The fraction of sp³-hybridized carbons (Fsp3) is 0.400. The van der Waals surface area contributed by atoms with Crippen LogP contribution in [0.3, 0.4) is 0 Å². The monoisotopic (exact) mass is 271 g/mol. The largest absolute Gasteiger partial charge is 0.383 e. The van der Waals surface area contributed by atoms with Crippen LogP contribution >= 0.6 is 0 Å². The lowest BCUT2D eigenvalue weighted by Crippen LogP contribution is -2.12. The van der Waals surface area contributed by atoms with Gasteiger partial charge in [-0.2, -0.15) is 5.10 Å². The number of rotatable bonds is 1. The van der Waals surface area contributed by atoms with E-state index >= 15 is 0 Å². The van der Waals surface area contributed by atoms with Crippen LogP contribution in [-0.4, -0.2) is 20.2 Å². The Balaban J connectivity index is 2.71. The number of benzene rings is 1. The fourth-order valence-corrected chi connectivity index (χ4v) is 2.04. The Bertz CT molecular complexity index is 666. The van der Waals surface area contributed by atoms with Crippen molar-refractivity contribution < 1.29 is 0 Å².